The Morgan fingerprint density at radius 3 is 3.10 bits per heavy atom. The number of rotatable bonds is 4. The fourth-order valence-corrected chi connectivity index (χ4v) is 4.29. The first-order chi connectivity index (χ1) is 10.2. The summed E-state index contributed by atoms with van der Waals surface area (Å²) in [6.07, 6.45) is 3.61. The summed E-state index contributed by atoms with van der Waals surface area (Å²) in [5, 5.41) is 5.00. The highest BCUT2D eigenvalue weighted by atomic mass is 35.5. The van der Waals surface area contributed by atoms with Gasteiger partial charge in [0.25, 0.3) is 0 Å². The molecule has 0 radical (unpaired) electrons. The smallest absolute Gasteiger partial charge is 0.130 e. The van der Waals surface area contributed by atoms with Crippen LogP contribution in [0.15, 0.2) is 18.2 Å². The Morgan fingerprint density at radius 1 is 1.48 bits per heavy atom. The number of hydrogen-bond acceptors (Lipinski definition) is 4. The quantitative estimate of drug-likeness (QED) is 0.919. The van der Waals surface area contributed by atoms with Gasteiger partial charge < -0.3 is 10.1 Å². The van der Waals surface area contributed by atoms with E-state index in [2.05, 4.69) is 5.32 Å². The highest BCUT2D eigenvalue weighted by molar-refractivity contribution is 7.15. The third kappa shape index (κ3) is 2.93. The van der Waals surface area contributed by atoms with Gasteiger partial charge in [-0.2, -0.15) is 0 Å². The molecule has 0 spiro atoms. The molecule has 0 aliphatic heterocycles. The minimum absolute atomic E-state index is 0.530. The zero-order valence-electron chi connectivity index (χ0n) is 12.3. The first-order valence-corrected chi connectivity index (χ1v) is 8.40. The van der Waals surface area contributed by atoms with E-state index in [4.69, 9.17) is 21.3 Å². The SMILES string of the molecule is CNCC1CCCc2sc(-c3ccc(Cl)cc3OC)nc21. The Kier molecular flexibility index (Phi) is 4.48. The average molecular weight is 323 g/mol. The number of thiazole rings is 1. The molecule has 0 saturated heterocycles. The van der Waals surface area contributed by atoms with Gasteiger partial charge in [0.15, 0.2) is 0 Å². The van der Waals surface area contributed by atoms with E-state index in [1.807, 2.05) is 25.2 Å². The highest BCUT2D eigenvalue weighted by Crippen LogP contribution is 2.41. The van der Waals surface area contributed by atoms with Crippen molar-refractivity contribution in [2.75, 3.05) is 20.7 Å². The predicted molar refractivity (Wildman–Crippen MR) is 88.7 cm³/mol. The van der Waals surface area contributed by atoms with Crippen molar-refractivity contribution in [2.45, 2.75) is 25.2 Å². The van der Waals surface area contributed by atoms with Crippen molar-refractivity contribution in [2.24, 2.45) is 0 Å². The number of aromatic nitrogens is 1. The van der Waals surface area contributed by atoms with Gasteiger partial charge >= 0.3 is 0 Å². The van der Waals surface area contributed by atoms with Gasteiger partial charge in [-0.1, -0.05) is 11.6 Å². The topological polar surface area (TPSA) is 34.1 Å². The molecule has 1 heterocycles. The summed E-state index contributed by atoms with van der Waals surface area (Å²) in [6, 6.07) is 5.74. The number of nitrogens with one attached hydrogen (secondary N) is 1. The normalized spacial score (nSPS) is 17.6. The average Bonchev–Trinajstić information content (AvgIpc) is 2.92. The van der Waals surface area contributed by atoms with Gasteiger partial charge in [-0.05, 0) is 44.5 Å². The molecule has 0 amide bonds. The van der Waals surface area contributed by atoms with Gasteiger partial charge in [0, 0.05) is 22.4 Å². The summed E-state index contributed by atoms with van der Waals surface area (Å²) >= 11 is 7.83. The molecular weight excluding hydrogens is 304 g/mol. The van der Waals surface area contributed by atoms with Crippen molar-refractivity contribution in [1.82, 2.24) is 10.3 Å². The Balaban J connectivity index is 2.01. The van der Waals surface area contributed by atoms with Gasteiger partial charge in [0.2, 0.25) is 0 Å². The van der Waals surface area contributed by atoms with E-state index in [1.165, 1.54) is 23.4 Å². The molecule has 1 aromatic heterocycles. The number of likely N-dealkylation sites (N-methyl/N-ethyl adjacent to an activating group) is 1. The van der Waals surface area contributed by atoms with E-state index in [1.54, 1.807) is 18.4 Å². The van der Waals surface area contributed by atoms with Crippen LogP contribution in [-0.4, -0.2) is 25.7 Å². The number of halogens is 1. The number of fused-ring (bicyclic) bond motifs is 1. The van der Waals surface area contributed by atoms with Crippen LogP contribution in [0.5, 0.6) is 5.75 Å². The van der Waals surface area contributed by atoms with Crippen LogP contribution in [0.3, 0.4) is 0 Å². The van der Waals surface area contributed by atoms with Gasteiger partial charge in [-0.15, -0.1) is 11.3 Å². The van der Waals surface area contributed by atoms with E-state index in [0.717, 1.165) is 29.3 Å². The highest BCUT2D eigenvalue weighted by Gasteiger charge is 2.25. The largest absolute Gasteiger partial charge is 0.496 e. The van der Waals surface area contributed by atoms with E-state index in [-0.39, 0.29) is 0 Å². The van der Waals surface area contributed by atoms with E-state index >= 15 is 0 Å². The molecule has 3 nitrogen and oxygen atoms in total. The third-order valence-electron chi connectivity index (χ3n) is 3.92. The Bertz CT molecular complexity index is 641. The molecule has 1 N–H and O–H groups in total. The molecule has 112 valence electrons. The molecule has 1 aliphatic carbocycles. The molecule has 2 aromatic rings. The van der Waals surface area contributed by atoms with Crippen LogP contribution in [0.4, 0.5) is 0 Å². The second-order valence-corrected chi connectivity index (χ2v) is 6.84. The fraction of sp³-hybridized carbons (Fsp3) is 0.438. The van der Waals surface area contributed by atoms with Gasteiger partial charge in [0.1, 0.15) is 10.8 Å². The standard InChI is InChI=1S/C16H19ClN2OS/c1-18-9-10-4-3-5-14-15(10)19-16(21-14)12-7-6-11(17)8-13(12)20-2/h6-8,10,18H,3-5,9H2,1-2H3. The summed E-state index contributed by atoms with van der Waals surface area (Å²) in [4.78, 5) is 6.34. The monoisotopic (exact) mass is 322 g/mol. The number of hydrogen-bond donors (Lipinski definition) is 1. The predicted octanol–water partition coefficient (Wildman–Crippen LogP) is 4.11. The van der Waals surface area contributed by atoms with E-state index in [9.17, 15) is 0 Å². The second kappa shape index (κ2) is 6.34. The number of ether oxygens (including phenoxy) is 1. The van der Waals surface area contributed by atoms with Crippen molar-refractivity contribution < 1.29 is 4.74 Å². The lowest BCUT2D eigenvalue weighted by molar-refractivity contribution is 0.416. The second-order valence-electron chi connectivity index (χ2n) is 5.32. The fourth-order valence-electron chi connectivity index (χ4n) is 2.91. The zero-order valence-corrected chi connectivity index (χ0v) is 13.9. The van der Waals surface area contributed by atoms with Gasteiger partial charge in [-0.25, -0.2) is 4.98 Å². The molecule has 0 fully saturated rings. The van der Waals surface area contributed by atoms with Gasteiger partial charge in [0.05, 0.1) is 18.4 Å². The van der Waals surface area contributed by atoms with Crippen LogP contribution in [-0.2, 0) is 6.42 Å². The Morgan fingerprint density at radius 2 is 2.33 bits per heavy atom. The molecule has 21 heavy (non-hydrogen) atoms. The molecule has 1 unspecified atom stereocenters. The summed E-state index contributed by atoms with van der Waals surface area (Å²) in [5.41, 5.74) is 2.30. The molecule has 1 atom stereocenters. The lowest BCUT2D eigenvalue weighted by atomic mass is 9.91. The van der Waals surface area contributed by atoms with E-state index in [0.29, 0.717) is 10.9 Å². The number of benzene rings is 1. The van der Waals surface area contributed by atoms with Crippen LogP contribution in [0.1, 0.15) is 29.3 Å². The molecule has 0 saturated carbocycles. The first kappa shape index (κ1) is 14.8. The van der Waals surface area contributed by atoms with E-state index < -0.39 is 0 Å². The van der Waals surface area contributed by atoms with Crippen molar-refractivity contribution in [3.05, 3.63) is 33.8 Å². The van der Waals surface area contributed by atoms with Crippen LogP contribution in [0.2, 0.25) is 5.02 Å². The lowest BCUT2D eigenvalue weighted by Crippen LogP contribution is -2.20. The zero-order chi connectivity index (χ0) is 14.8. The van der Waals surface area contributed by atoms with Crippen molar-refractivity contribution in [3.8, 4) is 16.3 Å². The number of methoxy groups -OCH3 is 1. The maximum atomic E-state index is 6.04. The maximum Gasteiger partial charge on any atom is 0.130 e. The number of nitrogens with zero attached hydrogens (tertiary/aromatic N) is 1. The maximum absolute atomic E-state index is 6.04. The minimum Gasteiger partial charge on any atom is -0.496 e. The Hall–Kier alpha value is -1.10. The van der Waals surface area contributed by atoms with Crippen molar-refractivity contribution in [3.63, 3.8) is 0 Å². The van der Waals surface area contributed by atoms with Crippen LogP contribution in [0, 0.1) is 0 Å². The molecule has 5 heteroatoms. The van der Waals surface area contributed by atoms with Crippen LogP contribution < -0.4 is 10.1 Å². The molecule has 1 aromatic carbocycles. The minimum atomic E-state index is 0.530. The summed E-state index contributed by atoms with van der Waals surface area (Å²) in [7, 11) is 3.68. The summed E-state index contributed by atoms with van der Waals surface area (Å²) < 4.78 is 5.46. The Labute approximate surface area is 134 Å². The molecule has 0 bridgehead atoms. The van der Waals surface area contributed by atoms with Crippen molar-refractivity contribution >= 4 is 22.9 Å². The third-order valence-corrected chi connectivity index (χ3v) is 5.31. The van der Waals surface area contributed by atoms with Crippen molar-refractivity contribution in [1.29, 1.82) is 0 Å². The molecule has 1 aliphatic rings. The number of aryl methyl sites for hydroxylation is 1. The summed E-state index contributed by atoms with van der Waals surface area (Å²) in [6.45, 7) is 0.994. The molecular formula is C16H19ClN2OS. The lowest BCUT2D eigenvalue weighted by Gasteiger charge is -2.20. The molecule has 3 rings (SSSR count). The van der Waals surface area contributed by atoms with Crippen LogP contribution >= 0.6 is 22.9 Å². The van der Waals surface area contributed by atoms with Gasteiger partial charge in [-0.3, -0.25) is 0 Å². The van der Waals surface area contributed by atoms with Crippen LogP contribution in [0.25, 0.3) is 10.6 Å². The summed E-state index contributed by atoms with van der Waals surface area (Å²) in [5.74, 6) is 1.32. The first-order valence-electron chi connectivity index (χ1n) is 7.21.